The van der Waals surface area contributed by atoms with Gasteiger partial charge < -0.3 is 14.2 Å². The Morgan fingerprint density at radius 3 is 2.00 bits per heavy atom. The monoisotopic (exact) mass is 888 g/mol. The third-order valence-electron chi connectivity index (χ3n) is 3.98. The number of hydrogen-bond acceptors (Lipinski definition) is 3. The summed E-state index contributed by atoms with van der Waals surface area (Å²) in [6.45, 7) is 6.22. The van der Waals surface area contributed by atoms with Crippen molar-refractivity contribution in [3.05, 3.63) is 54.6 Å². The Bertz CT molecular complexity index is 871. The molecule has 0 heterocycles. The summed E-state index contributed by atoms with van der Waals surface area (Å²) in [7, 11) is 0. The van der Waals surface area contributed by atoms with E-state index in [-0.39, 0.29) is 4.83 Å². The van der Waals surface area contributed by atoms with Gasteiger partial charge in [0.25, 0.3) is 4.70 Å². The Kier molecular flexibility index (Phi) is 11.3. The predicted molar refractivity (Wildman–Crippen MR) is 159 cm³/mol. The van der Waals surface area contributed by atoms with Gasteiger partial charge in [-0.05, 0) is 91.8 Å². The van der Waals surface area contributed by atoms with Crippen molar-refractivity contribution < 1.29 is 14.2 Å². The van der Waals surface area contributed by atoms with Crippen molar-refractivity contribution >= 4 is 112 Å². The molecule has 0 spiro atoms. The van der Waals surface area contributed by atoms with Crippen molar-refractivity contribution in [3.63, 3.8) is 0 Å². The molecule has 0 amide bonds. The van der Waals surface area contributed by atoms with Crippen LogP contribution in [0.15, 0.2) is 54.6 Å². The molecule has 0 aromatic heterocycles. The summed E-state index contributed by atoms with van der Waals surface area (Å²) >= 11 is 25.6. The van der Waals surface area contributed by atoms with Crippen LogP contribution in [-0.2, 0) is 9.47 Å². The number of alkyl halides is 7. The molecule has 0 N–H and O–H groups in total. The van der Waals surface area contributed by atoms with Gasteiger partial charge in [-0.2, -0.15) is 0 Å². The lowest BCUT2D eigenvalue weighted by molar-refractivity contribution is -0.136. The maximum atomic E-state index is 6.45. The highest BCUT2D eigenvalue weighted by Gasteiger charge is 2.64. The first-order valence-corrected chi connectivity index (χ1v) is 15.5. The fourth-order valence-corrected chi connectivity index (χ4v) is 6.07. The summed E-state index contributed by atoms with van der Waals surface area (Å²) in [5.41, 5.74) is 1.64. The number of benzene rings is 2. The smallest absolute Gasteiger partial charge is 0.298 e. The van der Waals surface area contributed by atoms with Gasteiger partial charge in [0.1, 0.15) is 5.75 Å². The van der Waals surface area contributed by atoms with Gasteiger partial charge in [0.2, 0.25) is 6.65 Å². The lowest BCUT2D eigenvalue weighted by atomic mass is 10.1. The van der Waals surface area contributed by atoms with Crippen LogP contribution in [0, 0.1) is 0 Å². The summed E-state index contributed by atoms with van der Waals surface area (Å²) in [5, 5.41) is 0.712. The van der Waals surface area contributed by atoms with Crippen molar-refractivity contribution in [2.45, 2.75) is 42.5 Å². The van der Waals surface area contributed by atoms with Crippen molar-refractivity contribution in [2.24, 2.45) is 0 Å². The highest BCUT2D eigenvalue weighted by atomic mass is 79.9. The third-order valence-corrected chi connectivity index (χ3v) is 14.1. The Morgan fingerprint density at radius 2 is 1.44 bits per heavy atom. The van der Waals surface area contributed by atoms with Gasteiger partial charge in [0, 0.05) is 10.2 Å². The van der Waals surface area contributed by atoms with Crippen LogP contribution in [-0.4, -0.2) is 33.7 Å². The van der Waals surface area contributed by atoms with E-state index in [4.69, 9.17) is 14.2 Å². The molecule has 0 aliphatic heterocycles. The van der Waals surface area contributed by atoms with Gasteiger partial charge in [0.15, 0.2) is 0 Å². The average molecular weight is 895 g/mol. The van der Waals surface area contributed by atoms with Crippen molar-refractivity contribution in [2.75, 3.05) is 11.9 Å². The highest BCUT2D eigenvalue weighted by molar-refractivity contribution is 9.30. The molecule has 2 aromatic rings. The lowest BCUT2D eigenvalue weighted by Gasteiger charge is -2.46. The van der Waals surface area contributed by atoms with Crippen molar-refractivity contribution in [1.29, 1.82) is 0 Å². The fraction of sp³-hybridized carbons (Fsp3) is 0.455. The van der Waals surface area contributed by atoms with Gasteiger partial charge in [-0.25, -0.2) is 0 Å². The molecule has 0 saturated heterocycles. The summed E-state index contributed by atoms with van der Waals surface area (Å²) in [6.07, 6.45) is 0. The van der Waals surface area contributed by atoms with E-state index in [1.807, 2.05) is 63.2 Å². The van der Waals surface area contributed by atoms with E-state index in [0.717, 1.165) is 11.1 Å². The standard InChI is InChI=1S/C22H23Br7O3/c1-19(2,3)32-21(27,28)20(25,26)22(29,30-14-17(24)13-23)31-18-11-7-10-16(12-18)15-8-5-4-6-9-15/h4-12,17H,13-14H2,1-3H3. The third kappa shape index (κ3) is 8.02. The fourth-order valence-electron chi connectivity index (χ4n) is 2.57. The number of hydrogen-bond donors (Lipinski definition) is 0. The number of ether oxygens (including phenoxy) is 3. The maximum Gasteiger partial charge on any atom is 0.298 e. The first kappa shape index (κ1) is 29.7. The van der Waals surface area contributed by atoms with Gasteiger partial charge in [-0.15, -0.1) is 0 Å². The minimum atomic E-state index is -1.40. The van der Waals surface area contributed by atoms with E-state index < -0.39 is 17.0 Å². The molecule has 0 fully saturated rings. The molecule has 2 unspecified atom stereocenters. The van der Waals surface area contributed by atoms with Crippen LogP contribution in [0.5, 0.6) is 5.75 Å². The second-order valence-electron chi connectivity index (χ2n) is 7.90. The van der Waals surface area contributed by atoms with Crippen LogP contribution in [0.3, 0.4) is 0 Å². The minimum Gasteiger partial charge on any atom is -0.450 e. The second-order valence-corrected chi connectivity index (χ2v) is 17.6. The molecule has 2 rings (SSSR count). The second kappa shape index (κ2) is 12.2. The molecule has 2 atom stereocenters. The Labute approximate surface area is 249 Å². The SMILES string of the molecule is CC(C)(C)OC(Br)(Br)C(Br)(Br)C(Br)(OCC(Br)CBr)Oc1cccc(-c2ccccc2)c1. The van der Waals surface area contributed by atoms with Crippen LogP contribution in [0.2, 0.25) is 0 Å². The van der Waals surface area contributed by atoms with Gasteiger partial charge >= 0.3 is 0 Å². The van der Waals surface area contributed by atoms with E-state index in [9.17, 15) is 0 Å². The zero-order chi connectivity index (χ0) is 24.2. The molecule has 32 heavy (non-hydrogen) atoms. The number of rotatable bonds is 10. The maximum absolute atomic E-state index is 6.45. The first-order valence-electron chi connectivity index (χ1n) is 9.54. The molecule has 10 heteroatoms. The highest BCUT2D eigenvalue weighted by Crippen LogP contribution is 2.59. The molecule has 2 aromatic carbocycles. The summed E-state index contributed by atoms with van der Waals surface area (Å²) < 4.78 is 15.3. The molecule has 0 radical (unpaired) electrons. The largest absolute Gasteiger partial charge is 0.450 e. The zero-order valence-corrected chi connectivity index (χ0v) is 28.7. The summed E-state index contributed by atoms with van der Waals surface area (Å²) in [6, 6.07) is 18.0. The predicted octanol–water partition coefficient (Wildman–Crippen LogP) is 9.70. The Balaban J connectivity index is 2.44. The molecule has 0 aliphatic rings. The quantitative estimate of drug-likeness (QED) is 0.176. The Hall–Kier alpha value is 1.52. The molecular weight excluding hydrogens is 872 g/mol. The van der Waals surface area contributed by atoms with Gasteiger partial charge in [-0.1, -0.05) is 106 Å². The lowest BCUT2D eigenvalue weighted by Crippen LogP contribution is -2.59. The van der Waals surface area contributed by atoms with E-state index in [2.05, 4.69) is 124 Å². The first-order chi connectivity index (χ1) is 14.7. The van der Waals surface area contributed by atoms with Crippen molar-refractivity contribution in [1.82, 2.24) is 0 Å². The topological polar surface area (TPSA) is 27.7 Å². The molecule has 0 saturated carbocycles. The molecule has 3 nitrogen and oxygen atoms in total. The van der Waals surface area contributed by atoms with Crippen LogP contribution >= 0.6 is 112 Å². The Morgan fingerprint density at radius 1 is 0.844 bits per heavy atom. The summed E-state index contributed by atoms with van der Waals surface area (Å²) in [5.74, 6) is 0.614. The minimum absolute atomic E-state index is 0.0677. The van der Waals surface area contributed by atoms with Crippen LogP contribution in [0.4, 0.5) is 0 Å². The van der Waals surface area contributed by atoms with E-state index in [1.54, 1.807) is 0 Å². The van der Waals surface area contributed by atoms with E-state index in [0.29, 0.717) is 17.7 Å². The van der Waals surface area contributed by atoms with Crippen molar-refractivity contribution in [3.8, 4) is 16.9 Å². The average Bonchev–Trinajstić information content (AvgIpc) is 2.71. The zero-order valence-electron chi connectivity index (χ0n) is 17.6. The van der Waals surface area contributed by atoms with Gasteiger partial charge in [-0.3, -0.25) is 0 Å². The summed E-state index contributed by atoms with van der Waals surface area (Å²) in [4.78, 5) is 0.0677. The molecule has 0 bridgehead atoms. The van der Waals surface area contributed by atoms with E-state index in [1.165, 1.54) is 0 Å². The van der Waals surface area contributed by atoms with E-state index >= 15 is 0 Å². The van der Waals surface area contributed by atoms with Gasteiger partial charge in [0.05, 0.1) is 12.2 Å². The molecule has 0 aliphatic carbocycles. The van der Waals surface area contributed by atoms with Crippen LogP contribution < -0.4 is 4.74 Å². The normalized spacial score (nSPS) is 15.8. The molecule has 178 valence electrons. The number of halogens is 7. The molecular formula is C22H23Br7O3. The van der Waals surface area contributed by atoms with Crippen LogP contribution in [0.25, 0.3) is 11.1 Å². The van der Waals surface area contributed by atoms with Crippen LogP contribution in [0.1, 0.15) is 20.8 Å².